The second-order valence-electron chi connectivity index (χ2n) is 5.35. The quantitative estimate of drug-likeness (QED) is 0.493. The second-order valence-corrected chi connectivity index (χ2v) is 5.76. The van der Waals surface area contributed by atoms with Crippen LogP contribution in [0.25, 0.3) is 6.08 Å². The summed E-state index contributed by atoms with van der Waals surface area (Å²) in [6, 6.07) is 6.59. The van der Waals surface area contributed by atoms with E-state index < -0.39 is 0 Å². The van der Waals surface area contributed by atoms with Crippen molar-refractivity contribution in [1.29, 1.82) is 0 Å². The highest BCUT2D eigenvalue weighted by Crippen LogP contribution is 2.39. The molecule has 0 unspecified atom stereocenters. The van der Waals surface area contributed by atoms with Gasteiger partial charge >= 0.3 is 0 Å². The summed E-state index contributed by atoms with van der Waals surface area (Å²) in [5.74, 6) is 1.91. The first-order valence-corrected chi connectivity index (χ1v) is 8.30. The molecule has 0 radical (unpaired) electrons. The summed E-state index contributed by atoms with van der Waals surface area (Å²) in [5.41, 5.74) is 1.09. The molecule has 2 aromatic rings. The number of ether oxygens (including phenoxy) is 5. The molecule has 2 rings (SSSR count). The summed E-state index contributed by atoms with van der Waals surface area (Å²) in [6.07, 6.45) is 3.07. The minimum Gasteiger partial charge on any atom is -0.493 e. The Hall–Kier alpha value is -2.86. The summed E-state index contributed by atoms with van der Waals surface area (Å²) in [7, 11) is 7.51. The second kappa shape index (κ2) is 9.19. The third kappa shape index (κ3) is 4.46. The highest BCUT2D eigenvalue weighted by atomic mass is 35.5. The van der Waals surface area contributed by atoms with Crippen LogP contribution in [0.5, 0.6) is 28.7 Å². The summed E-state index contributed by atoms with van der Waals surface area (Å²) in [5, 5.41) is 0.386. The van der Waals surface area contributed by atoms with Crippen molar-refractivity contribution in [2.75, 3.05) is 35.5 Å². The number of carbonyl (C=O) groups is 1. The average Bonchev–Trinajstić information content (AvgIpc) is 2.69. The summed E-state index contributed by atoms with van der Waals surface area (Å²) in [4.78, 5) is 12.6. The molecule has 0 N–H and O–H groups in total. The number of benzene rings is 2. The Kier molecular flexibility index (Phi) is 6.96. The van der Waals surface area contributed by atoms with Gasteiger partial charge in [-0.15, -0.1) is 0 Å². The van der Waals surface area contributed by atoms with E-state index in [1.54, 1.807) is 30.3 Å². The van der Waals surface area contributed by atoms with Crippen LogP contribution >= 0.6 is 11.6 Å². The van der Waals surface area contributed by atoms with E-state index in [0.717, 1.165) is 0 Å². The van der Waals surface area contributed by atoms with E-state index >= 15 is 0 Å². The van der Waals surface area contributed by atoms with Crippen LogP contribution in [0, 0.1) is 0 Å². The van der Waals surface area contributed by atoms with Crippen molar-refractivity contribution < 1.29 is 28.5 Å². The van der Waals surface area contributed by atoms with Crippen LogP contribution in [0.15, 0.2) is 30.3 Å². The number of hydrogen-bond acceptors (Lipinski definition) is 6. The third-order valence-corrected chi connectivity index (χ3v) is 4.11. The molecule has 7 heteroatoms. The normalized spacial score (nSPS) is 10.6. The molecule has 0 aromatic heterocycles. The lowest BCUT2D eigenvalue weighted by Crippen LogP contribution is -2.00. The maximum absolute atomic E-state index is 12.6. The first-order chi connectivity index (χ1) is 13.0. The SMILES string of the molecule is COc1cc(C=CC(=O)c2cc(OC)c(OC)c(OC)c2)cc(Cl)c1OC. The molecular weight excluding hydrogens is 372 g/mol. The van der Waals surface area contributed by atoms with Crippen molar-refractivity contribution in [3.63, 3.8) is 0 Å². The molecule has 0 heterocycles. The van der Waals surface area contributed by atoms with Gasteiger partial charge in [-0.1, -0.05) is 17.7 Å². The molecule has 0 spiro atoms. The number of carbonyl (C=O) groups excluding carboxylic acids is 1. The molecular formula is C20H21ClO6. The number of halogens is 1. The van der Waals surface area contributed by atoms with E-state index in [2.05, 4.69) is 0 Å². The lowest BCUT2D eigenvalue weighted by Gasteiger charge is -2.13. The fourth-order valence-corrected chi connectivity index (χ4v) is 2.82. The van der Waals surface area contributed by atoms with Crippen LogP contribution in [0.1, 0.15) is 15.9 Å². The van der Waals surface area contributed by atoms with E-state index in [0.29, 0.717) is 44.9 Å². The van der Waals surface area contributed by atoms with Crippen molar-refractivity contribution >= 4 is 23.5 Å². The average molecular weight is 393 g/mol. The number of rotatable bonds is 8. The van der Waals surface area contributed by atoms with E-state index in [9.17, 15) is 4.79 Å². The smallest absolute Gasteiger partial charge is 0.203 e. The molecule has 0 aliphatic rings. The maximum Gasteiger partial charge on any atom is 0.203 e. The van der Waals surface area contributed by atoms with Gasteiger partial charge in [0.1, 0.15) is 0 Å². The maximum atomic E-state index is 12.6. The largest absolute Gasteiger partial charge is 0.493 e. The minimum atomic E-state index is -0.236. The zero-order chi connectivity index (χ0) is 20.0. The van der Waals surface area contributed by atoms with E-state index in [-0.39, 0.29) is 5.78 Å². The van der Waals surface area contributed by atoms with Gasteiger partial charge in [-0.3, -0.25) is 4.79 Å². The Morgan fingerprint density at radius 1 is 0.778 bits per heavy atom. The fourth-order valence-electron chi connectivity index (χ4n) is 2.53. The first-order valence-electron chi connectivity index (χ1n) is 7.93. The molecule has 0 saturated carbocycles. The number of ketones is 1. The molecule has 0 amide bonds. The number of hydrogen-bond donors (Lipinski definition) is 0. The monoisotopic (exact) mass is 392 g/mol. The Bertz CT molecular complexity index is 835. The van der Waals surface area contributed by atoms with Crippen molar-refractivity contribution in [3.05, 3.63) is 46.5 Å². The number of methoxy groups -OCH3 is 5. The fraction of sp³-hybridized carbons (Fsp3) is 0.250. The van der Waals surface area contributed by atoms with E-state index in [1.165, 1.54) is 41.6 Å². The summed E-state index contributed by atoms with van der Waals surface area (Å²) < 4.78 is 26.3. The van der Waals surface area contributed by atoms with Crippen LogP contribution < -0.4 is 23.7 Å². The van der Waals surface area contributed by atoms with Crippen molar-refractivity contribution in [2.24, 2.45) is 0 Å². The number of allylic oxidation sites excluding steroid dienone is 1. The van der Waals surface area contributed by atoms with Gasteiger partial charge < -0.3 is 23.7 Å². The van der Waals surface area contributed by atoms with Crippen LogP contribution in [0.2, 0.25) is 5.02 Å². The Morgan fingerprint density at radius 2 is 1.30 bits per heavy atom. The minimum absolute atomic E-state index is 0.236. The zero-order valence-corrected chi connectivity index (χ0v) is 16.5. The highest BCUT2D eigenvalue weighted by Gasteiger charge is 2.16. The topological polar surface area (TPSA) is 63.2 Å². The van der Waals surface area contributed by atoms with Crippen molar-refractivity contribution in [1.82, 2.24) is 0 Å². The molecule has 0 saturated heterocycles. The lowest BCUT2D eigenvalue weighted by molar-refractivity contribution is 0.104. The van der Waals surface area contributed by atoms with Crippen LogP contribution in [-0.4, -0.2) is 41.3 Å². The van der Waals surface area contributed by atoms with Gasteiger partial charge in [0.05, 0.1) is 40.6 Å². The van der Waals surface area contributed by atoms with Crippen LogP contribution in [0.4, 0.5) is 0 Å². The van der Waals surface area contributed by atoms with Gasteiger partial charge in [0.25, 0.3) is 0 Å². The predicted octanol–water partition coefficient (Wildman–Crippen LogP) is 4.28. The molecule has 0 atom stereocenters. The predicted molar refractivity (Wildman–Crippen MR) is 104 cm³/mol. The third-order valence-electron chi connectivity index (χ3n) is 3.83. The molecule has 6 nitrogen and oxygen atoms in total. The van der Waals surface area contributed by atoms with Gasteiger partial charge in [-0.25, -0.2) is 0 Å². The molecule has 0 bridgehead atoms. The Morgan fingerprint density at radius 3 is 1.78 bits per heavy atom. The summed E-state index contributed by atoms with van der Waals surface area (Å²) in [6.45, 7) is 0. The van der Waals surface area contributed by atoms with Gasteiger partial charge in [0.15, 0.2) is 28.8 Å². The van der Waals surface area contributed by atoms with Gasteiger partial charge in [-0.2, -0.15) is 0 Å². The molecule has 2 aromatic carbocycles. The molecule has 0 fully saturated rings. The van der Waals surface area contributed by atoms with Gasteiger partial charge in [0.2, 0.25) is 5.75 Å². The Labute approximate surface area is 163 Å². The summed E-state index contributed by atoms with van der Waals surface area (Å²) >= 11 is 6.19. The van der Waals surface area contributed by atoms with Crippen molar-refractivity contribution in [2.45, 2.75) is 0 Å². The standard InChI is InChI=1S/C20H21ClO6/c1-23-16-9-12(8-14(21)19(16)26-4)6-7-15(22)13-10-17(24-2)20(27-5)18(11-13)25-3/h6-11H,1-5H3. The van der Waals surface area contributed by atoms with Crippen LogP contribution in [-0.2, 0) is 0 Å². The first kappa shape index (κ1) is 20.5. The molecule has 0 aliphatic heterocycles. The van der Waals surface area contributed by atoms with E-state index in [4.69, 9.17) is 35.3 Å². The molecule has 27 heavy (non-hydrogen) atoms. The van der Waals surface area contributed by atoms with Gasteiger partial charge in [0, 0.05) is 5.56 Å². The lowest BCUT2D eigenvalue weighted by atomic mass is 10.1. The highest BCUT2D eigenvalue weighted by molar-refractivity contribution is 6.32. The zero-order valence-electron chi connectivity index (χ0n) is 15.8. The van der Waals surface area contributed by atoms with E-state index in [1.807, 2.05) is 0 Å². The molecule has 0 aliphatic carbocycles. The van der Waals surface area contributed by atoms with Crippen molar-refractivity contribution in [3.8, 4) is 28.7 Å². The molecule has 144 valence electrons. The Balaban J connectivity index is 2.36. The van der Waals surface area contributed by atoms with Gasteiger partial charge in [-0.05, 0) is 35.9 Å². The van der Waals surface area contributed by atoms with Crippen LogP contribution in [0.3, 0.4) is 0 Å².